The zero-order valence-electron chi connectivity index (χ0n) is 10.5. The van der Waals surface area contributed by atoms with Crippen LogP contribution in [-0.2, 0) is 5.75 Å². The molecule has 1 aliphatic rings. The summed E-state index contributed by atoms with van der Waals surface area (Å²) in [6.45, 7) is 0. The molecule has 3 rings (SSSR count). The minimum atomic E-state index is -0.329. The van der Waals surface area contributed by atoms with Crippen LogP contribution < -0.4 is 5.43 Å². The summed E-state index contributed by atoms with van der Waals surface area (Å²) in [5, 5.41) is 4.42. The highest BCUT2D eigenvalue weighted by molar-refractivity contribution is 7.98. The predicted octanol–water partition coefficient (Wildman–Crippen LogP) is 4.72. The van der Waals surface area contributed by atoms with Gasteiger partial charge < -0.3 is 0 Å². The third kappa shape index (κ3) is 2.95. The normalized spacial score (nSPS) is 17.1. The molecule has 1 heterocycles. The molecule has 2 nitrogen and oxygen atoms in total. The molecular weight excluding hydrogens is 311 g/mol. The van der Waals surface area contributed by atoms with Gasteiger partial charge in [0.15, 0.2) is 5.17 Å². The first kappa shape index (κ1) is 13.8. The Balaban J connectivity index is 1.79. The number of fused-ring (bicyclic) bond motifs is 1. The van der Waals surface area contributed by atoms with Gasteiger partial charge in [0.25, 0.3) is 0 Å². The lowest BCUT2D eigenvalue weighted by molar-refractivity contribution is 0.703. The molecule has 2 aromatic carbocycles. The summed E-state index contributed by atoms with van der Waals surface area (Å²) in [6.07, 6.45) is 0. The Hall–Kier alpha value is -1.16. The minimum Gasteiger partial charge on any atom is -0.286 e. The van der Waals surface area contributed by atoms with Gasteiger partial charge in [0.1, 0.15) is 5.50 Å². The third-order valence-corrected chi connectivity index (χ3v) is 4.73. The van der Waals surface area contributed by atoms with Crippen LogP contribution in [0.5, 0.6) is 0 Å². The molecular formula is C15H12Cl2N2S. The van der Waals surface area contributed by atoms with Gasteiger partial charge in [-0.05, 0) is 17.7 Å². The number of nitrogens with one attached hydrogen (secondary N) is 1. The Bertz CT molecular complexity index is 644. The van der Waals surface area contributed by atoms with E-state index in [4.69, 9.17) is 23.2 Å². The summed E-state index contributed by atoms with van der Waals surface area (Å²) < 4.78 is 0. The molecule has 0 saturated heterocycles. The van der Waals surface area contributed by atoms with Crippen LogP contribution in [0.15, 0.2) is 58.5 Å². The van der Waals surface area contributed by atoms with Gasteiger partial charge in [-0.3, -0.25) is 5.43 Å². The van der Waals surface area contributed by atoms with E-state index in [1.54, 1.807) is 11.8 Å². The number of thioether (sulfide) groups is 1. The van der Waals surface area contributed by atoms with E-state index < -0.39 is 0 Å². The monoisotopic (exact) mass is 322 g/mol. The van der Waals surface area contributed by atoms with Crippen molar-refractivity contribution in [3.63, 3.8) is 0 Å². The van der Waals surface area contributed by atoms with E-state index in [1.807, 2.05) is 12.1 Å². The van der Waals surface area contributed by atoms with Crippen LogP contribution in [0.25, 0.3) is 0 Å². The topological polar surface area (TPSA) is 24.4 Å². The maximum absolute atomic E-state index is 6.22. The lowest BCUT2D eigenvalue weighted by Gasteiger charge is -2.19. The highest BCUT2D eigenvalue weighted by atomic mass is 35.5. The number of nitrogens with zero attached hydrogens (tertiary/aromatic N) is 1. The average molecular weight is 323 g/mol. The van der Waals surface area contributed by atoms with Crippen LogP contribution in [0.3, 0.4) is 0 Å². The fourth-order valence-electron chi connectivity index (χ4n) is 2.01. The number of halogens is 2. The summed E-state index contributed by atoms with van der Waals surface area (Å²) in [7, 11) is 0. The average Bonchev–Trinajstić information content (AvgIpc) is 2.50. The maximum Gasteiger partial charge on any atom is 0.156 e. The number of hydrazone groups is 1. The van der Waals surface area contributed by atoms with Crippen molar-refractivity contribution < 1.29 is 0 Å². The maximum atomic E-state index is 6.22. The molecule has 1 N–H and O–H groups in total. The van der Waals surface area contributed by atoms with Crippen molar-refractivity contribution in [1.29, 1.82) is 0 Å². The number of hydrogen-bond acceptors (Lipinski definition) is 3. The Kier molecular flexibility index (Phi) is 4.20. The Morgan fingerprint density at radius 2 is 1.95 bits per heavy atom. The molecule has 102 valence electrons. The van der Waals surface area contributed by atoms with Gasteiger partial charge in [0, 0.05) is 21.8 Å². The fraction of sp³-hybridized carbons (Fsp3) is 0.133. The van der Waals surface area contributed by atoms with Gasteiger partial charge in [-0.15, -0.1) is 11.8 Å². The first-order valence-electron chi connectivity index (χ1n) is 6.18. The molecule has 0 radical (unpaired) electrons. The Morgan fingerprint density at radius 1 is 1.15 bits per heavy atom. The van der Waals surface area contributed by atoms with Crippen molar-refractivity contribution in [2.75, 3.05) is 0 Å². The second kappa shape index (κ2) is 6.08. The summed E-state index contributed by atoms with van der Waals surface area (Å²) in [5.74, 6) is 0.932. The van der Waals surface area contributed by atoms with E-state index in [0.717, 1.165) is 16.9 Å². The third-order valence-electron chi connectivity index (χ3n) is 3.04. The second-order valence-electron chi connectivity index (χ2n) is 4.42. The molecule has 0 saturated carbocycles. The molecule has 1 atom stereocenters. The number of alkyl halides is 1. The number of benzene rings is 2. The summed E-state index contributed by atoms with van der Waals surface area (Å²) in [5.41, 5.74) is 5.65. The van der Waals surface area contributed by atoms with Crippen molar-refractivity contribution >= 4 is 40.1 Å². The Morgan fingerprint density at radius 3 is 2.75 bits per heavy atom. The van der Waals surface area contributed by atoms with E-state index in [1.165, 1.54) is 10.5 Å². The molecule has 0 fully saturated rings. The van der Waals surface area contributed by atoms with Crippen LogP contribution in [0.1, 0.15) is 22.2 Å². The van der Waals surface area contributed by atoms with E-state index in [2.05, 4.69) is 46.9 Å². The van der Waals surface area contributed by atoms with Crippen molar-refractivity contribution in [2.45, 2.75) is 16.1 Å². The van der Waals surface area contributed by atoms with Crippen LogP contribution >= 0.6 is 35.0 Å². The van der Waals surface area contributed by atoms with Gasteiger partial charge in [-0.2, -0.15) is 5.10 Å². The first-order chi connectivity index (χ1) is 9.74. The van der Waals surface area contributed by atoms with E-state index in [0.29, 0.717) is 5.17 Å². The molecule has 1 unspecified atom stereocenters. The standard InChI is InChI=1S/C15H12Cl2N2S/c16-14-12-7-6-11(8-13(12)15(17)19-18-14)20-9-10-4-2-1-3-5-10/h1-8,15,19H,9H2. The summed E-state index contributed by atoms with van der Waals surface area (Å²) in [6, 6.07) is 16.5. The smallest absolute Gasteiger partial charge is 0.156 e. The molecule has 5 heteroatoms. The molecule has 0 spiro atoms. The van der Waals surface area contributed by atoms with Crippen LogP contribution in [0, 0.1) is 0 Å². The second-order valence-corrected chi connectivity index (χ2v) is 6.26. The van der Waals surface area contributed by atoms with Gasteiger partial charge in [-0.25, -0.2) is 0 Å². The van der Waals surface area contributed by atoms with Crippen molar-refractivity contribution in [3.8, 4) is 0 Å². The molecule has 1 aliphatic heterocycles. The van der Waals surface area contributed by atoms with Crippen molar-refractivity contribution in [2.24, 2.45) is 5.10 Å². The van der Waals surface area contributed by atoms with E-state index >= 15 is 0 Å². The van der Waals surface area contributed by atoms with Gasteiger partial charge in [0.05, 0.1) is 0 Å². The molecule has 0 amide bonds. The summed E-state index contributed by atoms with van der Waals surface area (Å²) in [4.78, 5) is 1.17. The van der Waals surface area contributed by atoms with Gasteiger partial charge in [0.2, 0.25) is 0 Å². The minimum absolute atomic E-state index is 0.329. The Labute approximate surface area is 132 Å². The van der Waals surface area contributed by atoms with E-state index in [-0.39, 0.29) is 5.50 Å². The summed E-state index contributed by atoms with van der Waals surface area (Å²) >= 11 is 14.1. The van der Waals surface area contributed by atoms with Crippen LogP contribution in [0.4, 0.5) is 0 Å². The quantitative estimate of drug-likeness (QED) is 0.502. The highest BCUT2D eigenvalue weighted by Gasteiger charge is 2.20. The zero-order valence-corrected chi connectivity index (χ0v) is 12.8. The molecule has 0 aromatic heterocycles. The van der Waals surface area contributed by atoms with Gasteiger partial charge in [-0.1, -0.05) is 59.6 Å². The predicted molar refractivity (Wildman–Crippen MR) is 86.6 cm³/mol. The fourth-order valence-corrected chi connectivity index (χ4v) is 3.36. The van der Waals surface area contributed by atoms with Crippen LogP contribution in [0.2, 0.25) is 0 Å². The first-order valence-corrected chi connectivity index (χ1v) is 7.98. The molecule has 0 bridgehead atoms. The largest absolute Gasteiger partial charge is 0.286 e. The van der Waals surface area contributed by atoms with Gasteiger partial charge >= 0.3 is 0 Å². The lowest BCUT2D eigenvalue weighted by Crippen LogP contribution is -2.20. The molecule has 20 heavy (non-hydrogen) atoms. The SMILES string of the molecule is ClC1=NNC(Cl)c2cc(SCc3ccccc3)ccc21. The lowest BCUT2D eigenvalue weighted by atomic mass is 10.1. The number of hydrogen-bond donors (Lipinski definition) is 1. The molecule has 0 aliphatic carbocycles. The number of rotatable bonds is 3. The van der Waals surface area contributed by atoms with Crippen molar-refractivity contribution in [3.05, 3.63) is 65.2 Å². The van der Waals surface area contributed by atoms with Crippen LogP contribution in [-0.4, -0.2) is 5.17 Å². The molecule has 2 aromatic rings. The highest BCUT2D eigenvalue weighted by Crippen LogP contribution is 2.32. The van der Waals surface area contributed by atoms with E-state index in [9.17, 15) is 0 Å². The van der Waals surface area contributed by atoms with Crippen molar-refractivity contribution in [1.82, 2.24) is 5.43 Å². The zero-order chi connectivity index (χ0) is 13.9.